The molecule has 0 N–H and O–H groups in total. The van der Waals surface area contributed by atoms with Gasteiger partial charge >= 0.3 is 0 Å². The standard InChI is InChI=1S/C15H21ClFN/c1-11-6-3-4-8-14(11)18(2)15-9-5-7-13(17)12(15)10-16/h5,7,9,11,14H,3-4,6,8,10H2,1-2H3. The zero-order valence-corrected chi connectivity index (χ0v) is 11.9. The van der Waals surface area contributed by atoms with Gasteiger partial charge in [-0.3, -0.25) is 0 Å². The van der Waals surface area contributed by atoms with Crippen molar-refractivity contribution in [1.82, 2.24) is 0 Å². The van der Waals surface area contributed by atoms with E-state index in [0.717, 1.165) is 5.69 Å². The van der Waals surface area contributed by atoms with Crippen molar-refractivity contribution < 1.29 is 4.39 Å². The number of benzene rings is 1. The van der Waals surface area contributed by atoms with Crippen molar-refractivity contribution in [3.8, 4) is 0 Å². The molecule has 18 heavy (non-hydrogen) atoms. The molecule has 3 heteroatoms. The van der Waals surface area contributed by atoms with Crippen LogP contribution in [0.2, 0.25) is 0 Å². The number of alkyl halides is 1. The first-order chi connectivity index (χ1) is 8.65. The Morgan fingerprint density at radius 3 is 2.72 bits per heavy atom. The third kappa shape index (κ3) is 2.64. The molecule has 1 aromatic carbocycles. The first-order valence-corrected chi connectivity index (χ1v) is 7.24. The molecular weight excluding hydrogens is 249 g/mol. The Labute approximate surface area is 114 Å². The molecule has 1 saturated carbocycles. The summed E-state index contributed by atoms with van der Waals surface area (Å²) in [5.74, 6) is 0.695. The number of halogens is 2. The molecule has 2 atom stereocenters. The Kier molecular flexibility index (Phi) is 4.50. The lowest BCUT2D eigenvalue weighted by Gasteiger charge is -2.38. The Bertz CT molecular complexity index is 407. The van der Waals surface area contributed by atoms with Crippen LogP contribution >= 0.6 is 11.6 Å². The van der Waals surface area contributed by atoms with Crippen molar-refractivity contribution in [3.05, 3.63) is 29.6 Å². The van der Waals surface area contributed by atoms with E-state index in [1.165, 1.54) is 31.7 Å². The van der Waals surface area contributed by atoms with Gasteiger partial charge in [-0.2, -0.15) is 0 Å². The van der Waals surface area contributed by atoms with Crippen LogP contribution < -0.4 is 4.90 Å². The van der Waals surface area contributed by atoms with E-state index in [9.17, 15) is 4.39 Å². The van der Waals surface area contributed by atoms with Gasteiger partial charge in [0.05, 0.1) is 5.88 Å². The van der Waals surface area contributed by atoms with E-state index in [-0.39, 0.29) is 11.7 Å². The summed E-state index contributed by atoms with van der Waals surface area (Å²) >= 11 is 5.89. The summed E-state index contributed by atoms with van der Waals surface area (Å²) in [4.78, 5) is 2.23. The zero-order valence-electron chi connectivity index (χ0n) is 11.1. The molecule has 0 amide bonds. The average Bonchev–Trinajstić information content (AvgIpc) is 2.38. The van der Waals surface area contributed by atoms with Gasteiger partial charge in [0.15, 0.2) is 0 Å². The van der Waals surface area contributed by atoms with Crippen LogP contribution in [-0.4, -0.2) is 13.1 Å². The van der Waals surface area contributed by atoms with Crippen molar-refractivity contribution in [3.63, 3.8) is 0 Å². The number of rotatable bonds is 3. The van der Waals surface area contributed by atoms with Crippen LogP contribution in [0.1, 0.15) is 38.2 Å². The second-order valence-electron chi connectivity index (χ2n) is 5.31. The van der Waals surface area contributed by atoms with Gasteiger partial charge in [0.25, 0.3) is 0 Å². The SMILES string of the molecule is CC1CCCCC1N(C)c1cccc(F)c1CCl. The summed E-state index contributed by atoms with van der Waals surface area (Å²) in [6, 6.07) is 5.73. The van der Waals surface area contributed by atoms with Crippen LogP contribution in [0.15, 0.2) is 18.2 Å². The van der Waals surface area contributed by atoms with Crippen LogP contribution in [0, 0.1) is 11.7 Å². The Balaban J connectivity index is 2.27. The Morgan fingerprint density at radius 1 is 1.33 bits per heavy atom. The molecular formula is C15H21ClFN. The molecule has 100 valence electrons. The minimum absolute atomic E-state index is 0.196. The molecule has 0 saturated heterocycles. The van der Waals surface area contributed by atoms with Gasteiger partial charge < -0.3 is 4.90 Å². The zero-order chi connectivity index (χ0) is 13.1. The van der Waals surface area contributed by atoms with Crippen molar-refractivity contribution in [2.75, 3.05) is 11.9 Å². The molecule has 0 heterocycles. The summed E-state index contributed by atoms with van der Waals surface area (Å²) in [7, 11) is 2.07. The highest BCUT2D eigenvalue weighted by Gasteiger charge is 2.26. The molecule has 0 aromatic heterocycles. The molecule has 0 bridgehead atoms. The predicted molar refractivity (Wildman–Crippen MR) is 75.8 cm³/mol. The lowest BCUT2D eigenvalue weighted by molar-refractivity contribution is 0.321. The lowest BCUT2D eigenvalue weighted by Crippen LogP contribution is -2.39. The summed E-state index contributed by atoms with van der Waals surface area (Å²) in [5, 5.41) is 0. The highest BCUT2D eigenvalue weighted by atomic mass is 35.5. The lowest BCUT2D eigenvalue weighted by atomic mass is 9.84. The highest BCUT2D eigenvalue weighted by Crippen LogP contribution is 2.33. The van der Waals surface area contributed by atoms with E-state index in [1.807, 2.05) is 6.07 Å². The Hall–Kier alpha value is -0.760. The monoisotopic (exact) mass is 269 g/mol. The van der Waals surface area contributed by atoms with Gasteiger partial charge in [-0.15, -0.1) is 11.6 Å². The number of nitrogens with zero attached hydrogens (tertiary/aromatic N) is 1. The van der Waals surface area contributed by atoms with Gasteiger partial charge in [-0.1, -0.05) is 25.8 Å². The van der Waals surface area contributed by atoms with Crippen LogP contribution in [0.3, 0.4) is 0 Å². The van der Waals surface area contributed by atoms with Crippen molar-refractivity contribution >= 4 is 17.3 Å². The molecule has 2 rings (SSSR count). The van der Waals surface area contributed by atoms with E-state index < -0.39 is 0 Å². The van der Waals surface area contributed by atoms with Crippen LogP contribution in [0.5, 0.6) is 0 Å². The predicted octanol–water partition coefficient (Wildman–Crippen LogP) is 4.58. The summed E-state index contributed by atoms with van der Waals surface area (Å²) in [6.07, 6.45) is 5.04. The van der Waals surface area contributed by atoms with Crippen LogP contribution in [0.4, 0.5) is 10.1 Å². The first-order valence-electron chi connectivity index (χ1n) is 6.71. The molecule has 1 nitrogen and oxygen atoms in total. The summed E-state index contributed by atoms with van der Waals surface area (Å²) in [6.45, 7) is 2.29. The normalized spacial score (nSPS) is 24.0. The molecule has 0 radical (unpaired) electrons. The third-order valence-corrected chi connectivity index (χ3v) is 4.44. The second-order valence-corrected chi connectivity index (χ2v) is 5.58. The second kappa shape index (κ2) is 5.92. The maximum absolute atomic E-state index is 13.8. The molecule has 0 aliphatic heterocycles. The Morgan fingerprint density at radius 2 is 2.06 bits per heavy atom. The smallest absolute Gasteiger partial charge is 0.129 e. The van der Waals surface area contributed by atoms with Gasteiger partial charge in [-0.05, 0) is 30.9 Å². The summed E-state index contributed by atoms with van der Waals surface area (Å²) < 4.78 is 13.8. The van der Waals surface area contributed by atoms with E-state index >= 15 is 0 Å². The maximum atomic E-state index is 13.8. The van der Waals surface area contributed by atoms with Crippen LogP contribution in [-0.2, 0) is 5.88 Å². The van der Waals surface area contributed by atoms with E-state index in [2.05, 4.69) is 18.9 Å². The van der Waals surface area contributed by atoms with Crippen molar-refractivity contribution in [2.45, 2.75) is 44.5 Å². The van der Waals surface area contributed by atoms with Crippen molar-refractivity contribution in [1.29, 1.82) is 0 Å². The number of hydrogen-bond acceptors (Lipinski definition) is 1. The average molecular weight is 270 g/mol. The quantitative estimate of drug-likeness (QED) is 0.726. The minimum Gasteiger partial charge on any atom is -0.371 e. The van der Waals surface area contributed by atoms with Crippen LogP contribution in [0.25, 0.3) is 0 Å². The van der Waals surface area contributed by atoms with Gasteiger partial charge in [0.2, 0.25) is 0 Å². The number of anilines is 1. The molecule has 2 unspecified atom stereocenters. The van der Waals surface area contributed by atoms with E-state index in [4.69, 9.17) is 11.6 Å². The largest absolute Gasteiger partial charge is 0.371 e. The fourth-order valence-electron chi connectivity index (χ4n) is 3.06. The van der Waals surface area contributed by atoms with Gasteiger partial charge in [0, 0.05) is 24.3 Å². The van der Waals surface area contributed by atoms with E-state index in [1.54, 1.807) is 6.07 Å². The topological polar surface area (TPSA) is 3.24 Å². The van der Waals surface area contributed by atoms with E-state index in [0.29, 0.717) is 17.5 Å². The van der Waals surface area contributed by atoms with Gasteiger partial charge in [-0.25, -0.2) is 4.39 Å². The van der Waals surface area contributed by atoms with Gasteiger partial charge in [0.1, 0.15) is 5.82 Å². The maximum Gasteiger partial charge on any atom is 0.129 e. The highest BCUT2D eigenvalue weighted by molar-refractivity contribution is 6.17. The molecule has 1 fully saturated rings. The fourth-order valence-corrected chi connectivity index (χ4v) is 3.33. The van der Waals surface area contributed by atoms with Crippen molar-refractivity contribution in [2.24, 2.45) is 5.92 Å². The molecule has 1 aromatic rings. The molecule has 0 spiro atoms. The number of hydrogen-bond donors (Lipinski definition) is 0. The summed E-state index contributed by atoms with van der Waals surface area (Å²) in [5.41, 5.74) is 1.57. The molecule has 1 aliphatic carbocycles. The third-order valence-electron chi connectivity index (χ3n) is 4.17. The fraction of sp³-hybridized carbons (Fsp3) is 0.600. The molecule has 1 aliphatic rings. The minimum atomic E-state index is -0.196. The first kappa shape index (κ1) is 13.7.